The van der Waals surface area contributed by atoms with Crippen molar-refractivity contribution in [2.24, 2.45) is 0 Å². The third-order valence-corrected chi connectivity index (χ3v) is 2.82. The van der Waals surface area contributed by atoms with Crippen molar-refractivity contribution in [1.82, 2.24) is 9.88 Å². The summed E-state index contributed by atoms with van der Waals surface area (Å²) in [4.78, 5) is 38.9. The maximum atomic E-state index is 12.4. The van der Waals surface area contributed by atoms with Crippen LogP contribution in [0.3, 0.4) is 0 Å². The van der Waals surface area contributed by atoms with Crippen LogP contribution in [0.5, 0.6) is 0 Å². The maximum Gasteiger partial charge on any atom is 0.323 e. The number of nitrogens with zero attached hydrogens (tertiary/aromatic N) is 2. The zero-order valence-corrected chi connectivity index (χ0v) is 10.9. The molecule has 7 nitrogen and oxygen atoms in total. The minimum atomic E-state index is -1.28. The second-order valence-electron chi connectivity index (χ2n) is 4.32. The lowest BCUT2D eigenvalue weighted by molar-refractivity contribution is -0.140. The Balaban J connectivity index is 2.42. The Morgan fingerprint density at radius 2 is 1.62 bits per heavy atom. The molecule has 2 N–H and O–H groups in total. The van der Waals surface area contributed by atoms with Crippen molar-refractivity contribution in [3.63, 3.8) is 0 Å². The number of carbonyl (C=O) groups is 3. The summed E-state index contributed by atoms with van der Waals surface area (Å²) in [5, 5.41) is 18.2. The molecule has 0 spiro atoms. The zero-order chi connectivity index (χ0) is 15.4. The van der Waals surface area contributed by atoms with Crippen LogP contribution < -0.4 is 0 Å². The van der Waals surface area contributed by atoms with Crippen molar-refractivity contribution in [3.05, 3.63) is 42.1 Å². The molecule has 108 valence electrons. The Bertz CT molecular complexity index is 692. The number of rotatable bonds is 5. The summed E-state index contributed by atoms with van der Waals surface area (Å²) in [5.41, 5.74) is 0.803. The number of hydrogen-bond donors (Lipinski definition) is 2. The molecule has 0 aliphatic rings. The standard InChI is InChI=1S/C14H12N2O5/c17-12(18)7-16(8-13(19)20)14(21)10-5-6-15-11-4-2-1-3-9(10)11/h1-6H,7-8H2,(H,17,18)(H,19,20). The Hall–Kier alpha value is -2.96. The molecule has 0 saturated heterocycles. The highest BCUT2D eigenvalue weighted by atomic mass is 16.4. The van der Waals surface area contributed by atoms with Crippen molar-refractivity contribution in [3.8, 4) is 0 Å². The van der Waals surface area contributed by atoms with Crippen LogP contribution in [0, 0.1) is 0 Å². The predicted octanol–water partition coefficient (Wildman–Crippen LogP) is 0.846. The average molecular weight is 288 g/mol. The van der Waals surface area contributed by atoms with E-state index in [9.17, 15) is 14.4 Å². The second kappa shape index (κ2) is 6.00. The van der Waals surface area contributed by atoms with Crippen molar-refractivity contribution in [2.75, 3.05) is 13.1 Å². The van der Waals surface area contributed by atoms with Crippen LogP contribution in [0.4, 0.5) is 0 Å². The topological polar surface area (TPSA) is 108 Å². The van der Waals surface area contributed by atoms with E-state index < -0.39 is 30.9 Å². The number of benzene rings is 1. The van der Waals surface area contributed by atoms with E-state index in [1.165, 1.54) is 12.3 Å². The van der Waals surface area contributed by atoms with Gasteiger partial charge in [-0.25, -0.2) is 0 Å². The maximum absolute atomic E-state index is 12.4. The van der Waals surface area contributed by atoms with Gasteiger partial charge in [0.1, 0.15) is 13.1 Å². The van der Waals surface area contributed by atoms with Gasteiger partial charge in [0.25, 0.3) is 5.91 Å². The predicted molar refractivity (Wildman–Crippen MR) is 72.9 cm³/mol. The highest BCUT2D eigenvalue weighted by Crippen LogP contribution is 2.17. The fourth-order valence-electron chi connectivity index (χ4n) is 1.98. The lowest BCUT2D eigenvalue weighted by Gasteiger charge is -2.19. The van der Waals surface area contributed by atoms with Gasteiger partial charge in [0, 0.05) is 11.6 Å². The quantitative estimate of drug-likeness (QED) is 0.844. The molecule has 0 bridgehead atoms. The summed E-state index contributed by atoms with van der Waals surface area (Å²) in [6, 6.07) is 8.32. The molecule has 1 amide bonds. The van der Waals surface area contributed by atoms with Gasteiger partial charge in [0.15, 0.2) is 0 Å². The first-order valence-corrected chi connectivity index (χ1v) is 6.05. The van der Waals surface area contributed by atoms with Crippen LogP contribution in [0.2, 0.25) is 0 Å². The van der Waals surface area contributed by atoms with E-state index in [0.717, 1.165) is 4.90 Å². The minimum Gasteiger partial charge on any atom is -0.480 e. The molecule has 2 rings (SSSR count). The van der Waals surface area contributed by atoms with Gasteiger partial charge in [0.05, 0.1) is 11.1 Å². The van der Waals surface area contributed by atoms with E-state index in [0.29, 0.717) is 10.9 Å². The van der Waals surface area contributed by atoms with Gasteiger partial charge < -0.3 is 15.1 Å². The minimum absolute atomic E-state index is 0.225. The summed E-state index contributed by atoms with van der Waals surface area (Å²) in [7, 11) is 0. The lowest BCUT2D eigenvalue weighted by Crippen LogP contribution is -2.39. The largest absolute Gasteiger partial charge is 0.480 e. The number of hydrogen-bond acceptors (Lipinski definition) is 4. The molecule has 0 aliphatic carbocycles. The third-order valence-electron chi connectivity index (χ3n) is 2.82. The number of pyridine rings is 1. The molecule has 0 aliphatic heterocycles. The van der Waals surface area contributed by atoms with Crippen LogP contribution in [0.1, 0.15) is 10.4 Å². The van der Waals surface area contributed by atoms with Crippen molar-refractivity contribution in [2.45, 2.75) is 0 Å². The monoisotopic (exact) mass is 288 g/mol. The molecule has 0 radical (unpaired) electrons. The van der Waals surface area contributed by atoms with Gasteiger partial charge in [-0.15, -0.1) is 0 Å². The number of para-hydroxylation sites is 1. The van der Waals surface area contributed by atoms with Gasteiger partial charge in [-0.05, 0) is 12.1 Å². The molecular weight excluding hydrogens is 276 g/mol. The SMILES string of the molecule is O=C(O)CN(CC(=O)O)C(=O)c1ccnc2ccccc12. The van der Waals surface area contributed by atoms with Crippen molar-refractivity contribution < 1.29 is 24.6 Å². The normalized spacial score (nSPS) is 10.3. The smallest absolute Gasteiger partial charge is 0.323 e. The molecule has 2 aromatic rings. The first-order valence-electron chi connectivity index (χ1n) is 6.05. The van der Waals surface area contributed by atoms with E-state index in [4.69, 9.17) is 10.2 Å². The Morgan fingerprint density at radius 3 is 2.24 bits per heavy atom. The number of carboxylic acids is 2. The van der Waals surface area contributed by atoms with E-state index in [1.54, 1.807) is 24.3 Å². The van der Waals surface area contributed by atoms with Gasteiger partial charge in [-0.1, -0.05) is 18.2 Å². The fourth-order valence-corrected chi connectivity index (χ4v) is 1.98. The highest BCUT2D eigenvalue weighted by Gasteiger charge is 2.22. The molecule has 0 fully saturated rings. The van der Waals surface area contributed by atoms with E-state index in [2.05, 4.69) is 4.98 Å². The van der Waals surface area contributed by atoms with Crippen molar-refractivity contribution >= 4 is 28.7 Å². The summed E-state index contributed by atoms with van der Waals surface area (Å²) in [6.07, 6.45) is 1.43. The van der Waals surface area contributed by atoms with E-state index in [-0.39, 0.29) is 5.56 Å². The molecule has 1 heterocycles. The highest BCUT2D eigenvalue weighted by molar-refractivity contribution is 6.07. The Morgan fingerprint density at radius 1 is 1.00 bits per heavy atom. The van der Waals surface area contributed by atoms with Gasteiger partial charge in [0.2, 0.25) is 0 Å². The van der Waals surface area contributed by atoms with Crippen LogP contribution >= 0.6 is 0 Å². The molecule has 1 aromatic carbocycles. The van der Waals surface area contributed by atoms with Crippen LogP contribution in [0.15, 0.2) is 36.5 Å². The summed E-state index contributed by atoms with van der Waals surface area (Å²) >= 11 is 0. The Labute approximate surface area is 119 Å². The number of carboxylic acid groups (broad SMARTS) is 2. The van der Waals surface area contributed by atoms with Crippen LogP contribution in [0.25, 0.3) is 10.9 Å². The molecule has 1 aromatic heterocycles. The number of carbonyl (C=O) groups excluding carboxylic acids is 1. The van der Waals surface area contributed by atoms with Crippen molar-refractivity contribution in [1.29, 1.82) is 0 Å². The fraction of sp³-hybridized carbons (Fsp3) is 0.143. The number of aliphatic carboxylic acids is 2. The number of aromatic nitrogens is 1. The molecule has 0 unspecified atom stereocenters. The van der Waals surface area contributed by atoms with Gasteiger partial charge in [-0.2, -0.15) is 0 Å². The molecule has 0 atom stereocenters. The third kappa shape index (κ3) is 3.33. The Kier molecular flexibility index (Phi) is 4.13. The number of fused-ring (bicyclic) bond motifs is 1. The van der Waals surface area contributed by atoms with Crippen LogP contribution in [-0.4, -0.2) is 51.0 Å². The summed E-state index contributed by atoms with van der Waals surface area (Å²) in [5.74, 6) is -3.20. The van der Waals surface area contributed by atoms with E-state index >= 15 is 0 Å². The van der Waals surface area contributed by atoms with Gasteiger partial charge in [-0.3, -0.25) is 19.4 Å². The average Bonchev–Trinajstić information content (AvgIpc) is 2.44. The molecule has 21 heavy (non-hydrogen) atoms. The number of amides is 1. The second-order valence-corrected chi connectivity index (χ2v) is 4.32. The molecule has 7 heteroatoms. The van der Waals surface area contributed by atoms with E-state index in [1.807, 2.05) is 0 Å². The first-order chi connectivity index (χ1) is 9.99. The van der Waals surface area contributed by atoms with Crippen LogP contribution in [-0.2, 0) is 9.59 Å². The first kappa shape index (κ1) is 14.4. The van der Waals surface area contributed by atoms with Gasteiger partial charge >= 0.3 is 11.9 Å². The zero-order valence-electron chi connectivity index (χ0n) is 10.9. The summed E-state index contributed by atoms with van der Waals surface area (Å²) in [6.45, 7) is -1.36. The lowest BCUT2D eigenvalue weighted by atomic mass is 10.1. The summed E-state index contributed by atoms with van der Waals surface area (Å²) < 4.78 is 0. The molecular formula is C14H12N2O5. The molecule has 0 saturated carbocycles.